The van der Waals surface area contributed by atoms with Crippen molar-refractivity contribution >= 4 is 34.3 Å². The van der Waals surface area contributed by atoms with Crippen LogP contribution in [0.5, 0.6) is 23.0 Å². The zero-order chi connectivity index (χ0) is 22.0. The molecular weight excluding hydrogens is 420 g/mol. The number of carbonyl (C=O) groups excluding carboxylic acids is 1. The van der Waals surface area contributed by atoms with Crippen LogP contribution in [0.2, 0.25) is 5.02 Å². The van der Waals surface area contributed by atoms with E-state index in [0.717, 1.165) is 0 Å². The first kappa shape index (κ1) is 20.3. The number of phenolic OH excluding ortho intramolecular Hbond substituents is 1. The number of esters is 1. The molecule has 4 aromatic rings. The van der Waals surface area contributed by atoms with E-state index in [9.17, 15) is 19.8 Å². The largest absolute Gasteiger partial charge is 0.506 e. The highest BCUT2D eigenvalue weighted by atomic mass is 35.5. The summed E-state index contributed by atoms with van der Waals surface area (Å²) in [5, 5.41) is 20.4. The number of aromatic carboxylic acids is 1. The third kappa shape index (κ3) is 4.29. The van der Waals surface area contributed by atoms with E-state index >= 15 is 0 Å². The van der Waals surface area contributed by atoms with Crippen LogP contribution in [0.25, 0.3) is 10.8 Å². The normalized spacial score (nSPS) is 10.6. The SMILES string of the molecule is O=C(O)c1ccc(OC(=O)c2ccc3c(Cl)c(O)ccc3c2)c(Oc2ccccc2)c1. The number of hydrogen-bond acceptors (Lipinski definition) is 5. The highest BCUT2D eigenvalue weighted by Gasteiger charge is 2.17. The fraction of sp³-hybridized carbons (Fsp3) is 0. The predicted octanol–water partition coefficient (Wildman–Crippen LogP) is 5.91. The lowest BCUT2D eigenvalue weighted by molar-refractivity contribution is 0.0696. The molecule has 2 N–H and O–H groups in total. The van der Waals surface area contributed by atoms with E-state index in [1.807, 2.05) is 6.07 Å². The summed E-state index contributed by atoms with van der Waals surface area (Å²) in [4.78, 5) is 24.1. The number of carboxylic acids is 1. The van der Waals surface area contributed by atoms with Crippen molar-refractivity contribution < 1.29 is 29.3 Å². The maximum absolute atomic E-state index is 12.8. The second-order valence-electron chi connectivity index (χ2n) is 6.61. The Morgan fingerprint density at radius 1 is 0.806 bits per heavy atom. The van der Waals surface area contributed by atoms with Crippen LogP contribution >= 0.6 is 11.6 Å². The molecule has 0 saturated heterocycles. The van der Waals surface area contributed by atoms with Gasteiger partial charge in [0, 0.05) is 5.39 Å². The van der Waals surface area contributed by atoms with E-state index in [1.54, 1.807) is 42.5 Å². The molecular formula is C24H15ClO6. The minimum absolute atomic E-state index is 0.00844. The molecule has 0 bridgehead atoms. The van der Waals surface area contributed by atoms with Crippen molar-refractivity contribution in [1.29, 1.82) is 0 Å². The average molecular weight is 435 g/mol. The molecule has 0 fully saturated rings. The lowest BCUT2D eigenvalue weighted by Crippen LogP contribution is -2.09. The number of ether oxygens (including phenoxy) is 2. The highest BCUT2D eigenvalue weighted by molar-refractivity contribution is 6.37. The number of carboxylic acid groups (broad SMARTS) is 1. The molecule has 0 heterocycles. The Balaban J connectivity index is 1.66. The number of rotatable bonds is 5. The summed E-state index contributed by atoms with van der Waals surface area (Å²) in [5.41, 5.74) is 0.244. The first-order chi connectivity index (χ1) is 14.9. The van der Waals surface area contributed by atoms with E-state index in [4.69, 9.17) is 21.1 Å². The molecule has 0 atom stereocenters. The van der Waals surface area contributed by atoms with Crippen molar-refractivity contribution in [1.82, 2.24) is 0 Å². The lowest BCUT2D eigenvalue weighted by atomic mass is 10.1. The van der Waals surface area contributed by atoms with E-state index in [-0.39, 0.29) is 33.4 Å². The molecule has 4 aromatic carbocycles. The first-order valence-corrected chi connectivity index (χ1v) is 9.54. The van der Waals surface area contributed by atoms with Crippen LogP contribution < -0.4 is 9.47 Å². The van der Waals surface area contributed by atoms with Gasteiger partial charge in [-0.1, -0.05) is 41.9 Å². The summed E-state index contributed by atoms with van der Waals surface area (Å²) in [6.45, 7) is 0. The van der Waals surface area contributed by atoms with Gasteiger partial charge in [0.1, 0.15) is 11.5 Å². The van der Waals surface area contributed by atoms with Crippen LogP contribution in [0.4, 0.5) is 0 Å². The number of benzene rings is 4. The number of halogens is 1. The number of phenols is 1. The Kier molecular flexibility index (Phi) is 5.47. The number of hydrogen-bond donors (Lipinski definition) is 2. The minimum Gasteiger partial charge on any atom is -0.506 e. The summed E-state index contributed by atoms with van der Waals surface area (Å²) in [6, 6.07) is 20.5. The molecule has 0 unspecified atom stereocenters. The second kappa shape index (κ2) is 8.38. The number of aromatic hydroxyl groups is 1. The number of fused-ring (bicyclic) bond motifs is 1. The molecule has 0 amide bonds. The number of para-hydroxylation sites is 1. The molecule has 0 aliphatic rings. The van der Waals surface area contributed by atoms with Crippen LogP contribution in [0, 0.1) is 0 Å². The Bertz CT molecular complexity index is 1300. The van der Waals surface area contributed by atoms with Gasteiger partial charge in [0.2, 0.25) is 0 Å². The Morgan fingerprint density at radius 2 is 1.55 bits per heavy atom. The van der Waals surface area contributed by atoms with Crippen molar-refractivity contribution in [2.24, 2.45) is 0 Å². The molecule has 0 radical (unpaired) electrons. The minimum atomic E-state index is -1.13. The summed E-state index contributed by atoms with van der Waals surface area (Å²) in [5.74, 6) is -1.22. The molecule has 0 aliphatic carbocycles. The van der Waals surface area contributed by atoms with Crippen molar-refractivity contribution in [3.05, 3.63) is 95.0 Å². The average Bonchev–Trinajstić information content (AvgIpc) is 2.77. The molecule has 0 saturated carbocycles. The molecule has 0 aliphatic heterocycles. The Hall–Kier alpha value is -4.03. The van der Waals surface area contributed by atoms with Crippen molar-refractivity contribution in [3.63, 3.8) is 0 Å². The van der Waals surface area contributed by atoms with Gasteiger partial charge in [-0.3, -0.25) is 0 Å². The van der Waals surface area contributed by atoms with Crippen molar-refractivity contribution in [2.45, 2.75) is 0 Å². The van der Waals surface area contributed by atoms with Gasteiger partial charge in [0.15, 0.2) is 11.5 Å². The third-order valence-corrected chi connectivity index (χ3v) is 4.93. The van der Waals surface area contributed by atoms with Crippen LogP contribution in [-0.4, -0.2) is 22.2 Å². The summed E-state index contributed by atoms with van der Waals surface area (Å²) >= 11 is 6.10. The summed E-state index contributed by atoms with van der Waals surface area (Å²) in [7, 11) is 0. The standard InChI is InChI=1S/C24H15ClO6/c25-22-18-9-6-16(12-14(18)7-10-19(22)26)24(29)31-20-11-8-15(23(27)28)13-21(20)30-17-4-2-1-3-5-17/h1-13,26H,(H,27,28). The van der Waals surface area contributed by atoms with E-state index < -0.39 is 11.9 Å². The Morgan fingerprint density at radius 3 is 2.29 bits per heavy atom. The monoisotopic (exact) mass is 434 g/mol. The van der Waals surface area contributed by atoms with Gasteiger partial charge < -0.3 is 19.7 Å². The zero-order valence-corrected chi connectivity index (χ0v) is 16.7. The maximum Gasteiger partial charge on any atom is 0.343 e. The maximum atomic E-state index is 12.8. The van der Waals surface area contributed by atoms with Crippen LogP contribution in [0.15, 0.2) is 78.9 Å². The highest BCUT2D eigenvalue weighted by Crippen LogP contribution is 2.35. The molecule has 7 heteroatoms. The fourth-order valence-electron chi connectivity index (χ4n) is 2.99. The smallest absolute Gasteiger partial charge is 0.343 e. The quantitative estimate of drug-likeness (QED) is 0.299. The molecule has 4 rings (SSSR count). The van der Waals surface area contributed by atoms with Crippen LogP contribution in [0.3, 0.4) is 0 Å². The first-order valence-electron chi connectivity index (χ1n) is 9.16. The molecule has 0 aromatic heterocycles. The van der Waals surface area contributed by atoms with Gasteiger partial charge in [0.05, 0.1) is 16.1 Å². The molecule has 6 nitrogen and oxygen atoms in total. The van der Waals surface area contributed by atoms with Crippen molar-refractivity contribution in [3.8, 4) is 23.0 Å². The van der Waals surface area contributed by atoms with Gasteiger partial charge in [-0.2, -0.15) is 0 Å². The second-order valence-corrected chi connectivity index (χ2v) is 6.98. The molecule has 31 heavy (non-hydrogen) atoms. The van der Waals surface area contributed by atoms with Gasteiger partial charge in [-0.25, -0.2) is 9.59 Å². The third-order valence-electron chi connectivity index (χ3n) is 4.53. The fourth-order valence-corrected chi connectivity index (χ4v) is 3.22. The van der Waals surface area contributed by atoms with Gasteiger partial charge in [0.25, 0.3) is 0 Å². The summed E-state index contributed by atoms with van der Waals surface area (Å²) < 4.78 is 11.3. The van der Waals surface area contributed by atoms with Crippen LogP contribution in [0.1, 0.15) is 20.7 Å². The molecule has 0 spiro atoms. The lowest BCUT2D eigenvalue weighted by Gasteiger charge is -2.13. The number of carbonyl (C=O) groups is 2. The van der Waals surface area contributed by atoms with Crippen molar-refractivity contribution in [2.75, 3.05) is 0 Å². The zero-order valence-electron chi connectivity index (χ0n) is 15.9. The molecule has 154 valence electrons. The topological polar surface area (TPSA) is 93.1 Å². The van der Waals surface area contributed by atoms with E-state index in [1.165, 1.54) is 30.3 Å². The van der Waals surface area contributed by atoms with Gasteiger partial charge in [-0.15, -0.1) is 0 Å². The van der Waals surface area contributed by atoms with Crippen LogP contribution in [-0.2, 0) is 0 Å². The van der Waals surface area contributed by atoms with E-state index in [0.29, 0.717) is 16.5 Å². The summed E-state index contributed by atoms with van der Waals surface area (Å²) in [6.07, 6.45) is 0. The Labute approximate surface area is 181 Å². The van der Waals surface area contributed by atoms with E-state index in [2.05, 4.69) is 0 Å². The van der Waals surface area contributed by atoms with Gasteiger partial charge in [-0.05, 0) is 53.9 Å². The van der Waals surface area contributed by atoms with Gasteiger partial charge >= 0.3 is 11.9 Å². The predicted molar refractivity (Wildman–Crippen MR) is 115 cm³/mol.